The summed E-state index contributed by atoms with van der Waals surface area (Å²) < 4.78 is 6.88. The van der Waals surface area contributed by atoms with Crippen molar-refractivity contribution < 1.29 is 9.53 Å². The number of piperazine rings is 1. The molecule has 0 N–H and O–H groups in total. The number of amides is 1. The van der Waals surface area contributed by atoms with Crippen LogP contribution in [-0.4, -0.2) is 48.7 Å². The Hall–Kier alpha value is -3.28. The van der Waals surface area contributed by atoms with E-state index in [1.165, 1.54) is 6.07 Å². The lowest BCUT2D eigenvalue weighted by atomic mass is 10.1. The summed E-state index contributed by atoms with van der Waals surface area (Å²) in [7, 11) is 3.38. The second kappa shape index (κ2) is 7.38. The number of hydrogen-bond acceptors (Lipinski definition) is 4. The smallest absolute Gasteiger partial charge is 0.254 e. The molecule has 2 heterocycles. The minimum Gasteiger partial charge on any atom is -0.497 e. The molecule has 4 rings (SSSR count). The second-order valence-corrected chi connectivity index (χ2v) is 6.95. The molecule has 6 heteroatoms. The first kappa shape index (κ1) is 18.1. The van der Waals surface area contributed by atoms with Gasteiger partial charge in [-0.3, -0.25) is 9.59 Å². The van der Waals surface area contributed by atoms with Crippen LogP contribution in [0.5, 0.6) is 5.75 Å². The number of carbonyl (C=O) groups is 1. The topological polar surface area (TPSA) is 54.8 Å². The molecule has 0 saturated carbocycles. The average molecular weight is 377 g/mol. The van der Waals surface area contributed by atoms with Crippen LogP contribution < -0.4 is 15.2 Å². The second-order valence-electron chi connectivity index (χ2n) is 6.95. The number of benzene rings is 2. The first-order valence-corrected chi connectivity index (χ1v) is 9.35. The van der Waals surface area contributed by atoms with Gasteiger partial charge in [0.2, 0.25) is 0 Å². The number of pyridine rings is 1. The number of fused-ring (bicyclic) bond motifs is 1. The van der Waals surface area contributed by atoms with Crippen molar-refractivity contribution in [3.63, 3.8) is 0 Å². The number of aromatic nitrogens is 1. The molecule has 0 atom stereocenters. The molecule has 0 aliphatic carbocycles. The summed E-state index contributed by atoms with van der Waals surface area (Å²) in [6, 6.07) is 16.9. The number of hydrogen-bond donors (Lipinski definition) is 0. The van der Waals surface area contributed by atoms with E-state index in [-0.39, 0.29) is 11.5 Å². The lowest BCUT2D eigenvalue weighted by Gasteiger charge is -2.36. The van der Waals surface area contributed by atoms with Crippen LogP contribution in [0, 0.1) is 0 Å². The molecule has 28 heavy (non-hydrogen) atoms. The van der Waals surface area contributed by atoms with Gasteiger partial charge in [-0.05, 0) is 18.2 Å². The molecule has 144 valence electrons. The van der Waals surface area contributed by atoms with Gasteiger partial charge in [0.25, 0.3) is 11.5 Å². The van der Waals surface area contributed by atoms with E-state index in [9.17, 15) is 9.59 Å². The SMILES string of the molecule is COc1cccc(N2CCN(C(=O)c3cc(=O)n(C)c4ccccc34)CC2)c1. The zero-order valence-corrected chi connectivity index (χ0v) is 16.1. The van der Waals surface area contributed by atoms with Crippen LogP contribution >= 0.6 is 0 Å². The van der Waals surface area contributed by atoms with E-state index in [1.54, 1.807) is 18.7 Å². The molecule has 1 saturated heterocycles. The Morgan fingerprint density at radius 2 is 1.71 bits per heavy atom. The predicted molar refractivity (Wildman–Crippen MR) is 110 cm³/mol. The van der Waals surface area contributed by atoms with Crippen molar-refractivity contribution in [1.29, 1.82) is 0 Å². The van der Waals surface area contributed by atoms with Crippen molar-refractivity contribution in [1.82, 2.24) is 9.47 Å². The van der Waals surface area contributed by atoms with E-state index in [0.29, 0.717) is 18.7 Å². The fourth-order valence-electron chi connectivity index (χ4n) is 3.73. The Kier molecular flexibility index (Phi) is 4.77. The molecule has 1 fully saturated rings. The van der Waals surface area contributed by atoms with E-state index in [0.717, 1.165) is 35.4 Å². The molecule has 6 nitrogen and oxygen atoms in total. The molecular weight excluding hydrogens is 354 g/mol. The number of anilines is 1. The van der Waals surface area contributed by atoms with Gasteiger partial charge in [0.15, 0.2) is 0 Å². The van der Waals surface area contributed by atoms with Gasteiger partial charge in [0.05, 0.1) is 18.2 Å². The number of para-hydroxylation sites is 1. The predicted octanol–water partition coefficient (Wildman–Crippen LogP) is 2.51. The maximum Gasteiger partial charge on any atom is 0.254 e. The van der Waals surface area contributed by atoms with E-state index < -0.39 is 0 Å². The molecular formula is C22H23N3O3. The Labute approximate surface area is 163 Å². The Morgan fingerprint density at radius 3 is 2.46 bits per heavy atom. The molecule has 0 unspecified atom stereocenters. The highest BCUT2D eigenvalue weighted by Gasteiger charge is 2.24. The Bertz CT molecular complexity index is 1080. The van der Waals surface area contributed by atoms with E-state index in [2.05, 4.69) is 11.0 Å². The quantitative estimate of drug-likeness (QED) is 0.704. The van der Waals surface area contributed by atoms with Gasteiger partial charge in [0, 0.05) is 56.4 Å². The van der Waals surface area contributed by atoms with E-state index in [1.807, 2.05) is 47.4 Å². The molecule has 0 bridgehead atoms. The number of ether oxygens (including phenoxy) is 1. The molecule has 1 aliphatic heterocycles. The third-order valence-electron chi connectivity index (χ3n) is 5.37. The lowest BCUT2D eigenvalue weighted by molar-refractivity contribution is 0.0748. The van der Waals surface area contributed by atoms with Gasteiger partial charge in [-0.25, -0.2) is 0 Å². The van der Waals surface area contributed by atoms with Gasteiger partial charge in [-0.1, -0.05) is 24.3 Å². The van der Waals surface area contributed by atoms with E-state index >= 15 is 0 Å². The molecule has 2 aromatic carbocycles. The number of nitrogens with zero attached hydrogens (tertiary/aromatic N) is 3. The molecule has 1 amide bonds. The van der Waals surface area contributed by atoms with Crippen LogP contribution in [0.1, 0.15) is 10.4 Å². The molecule has 1 aliphatic rings. The maximum absolute atomic E-state index is 13.2. The summed E-state index contributed by atoms with van der Waals surface area (Å²) in [5, 5.41) is 0.810. The van der Waals surface area contributed by atoms with Crippen LogP contribution in [0.25, 0.3) is 10.9 Å². The highest BCUT2D eigenvalue weighted by molar-refractivity contribution is 6.06. The minimum atomic E-state index is -0.169. The van der Waals surface area contributed by atoms with Crippen molar-refractivity contribution in [3.8, 4) is 5.75 Å². The summed E-state index contributed by atoms with van der Waals surface area (Å²) in [5.74, 6) is 0.738. The highest BCUT2D eigenvalue weighted by atomic mass is 16.5. The van der Waals surface area contributed by atoms with Gasteiger partial charge in [0.1, 0.15) is 5.75 Å². The maximum atomic E-state index is 13.2. The third-order valence-corrected chi connectivity index (χ3v) is 5.37. The molecule has 0 spiro atoms. The number of carbonyl (C=O) groups excluding carboxylic acids is 1. The van der Waals surface area contributed by atoms with Crippen LogP contribution in [0.4, 0.5) is 5.69 Å². The third kappa shape index (κ3) is 3.22. The lowest BCUT2D eigenvalue weighted by Crippen LogP contribution is -2.49. The van der Waals surface area contributed by atoms with Crippen LogP contribution in [0.2, 0.25) is 0 Å². The first-order chi connectivity index (χ1) is 13.6. The minimum absolute atomic E-state index is 0.0841. The first-order valence-electron chi connectivity index (χ1n) is 9.35. The molecule has 3 aromatic rings. The monoisotopic (exact) mass is 377 g/mol. The number of rotatable bonds is 3. The van der Waals surface area contributed by atoms with Crippen molar-refractivity contribution in [2.45, 2.75) is 0 Å². The van der Waals surface area contributed by atoms with Crippen molar-refractivity contribution in [2.24, 2.45) is 7.05 Å². The summed E-state index contributed by atoms with van der Waals surface area (Å²) in [5.41, 5.74) is 2.17. The fourth-order valence-corrected chi connectivity index (χ4v) is 3.73. The molecule has 0 radical (unpaired) electrons. The van der Waals surface area contributed by atoms with E-state index in [4.69, 9.17) is 4.74 Å². The van der Waals surface area contributed by atoms with Crippen LogP contribution in [0.3, 0.4) is 0 Å². The zero-order valence-electron chi connectivity index (χ0n) is 16.1. The summed E-state index contributed by atoms with van der Waals surface area (Å²) >= 11 is 0. The van der Waals surface area contributed by atoms with Crippen LogP contribution in [-0.2, 0) is 7.05 Å². The van der Waals surface area contributed by atoms with Crippen molar-refractivity contribution >= 4 is 22.5 Å². The normalized spacial score (nSPS) is 14.4. The van der Waals surface area contributed by atoms with Crippen LogP contribution in [0.15, 0.2) is 59.4 Å². The summed E-state index contributed by atoms with van der Waals surface area (Å²) in [6.07, 6.45) is 0. The summed E-state index contributed by atoms with van der Waals surface area (Å²) in [4.78, 5) is 29.5. The number of methoxy groups -OCH3 is 1. The average Bonchev–Trinajstić information content (AvgIpc) is 2.76. The molecule has 1 aromatic heterocycles. The largest absolute Gasteiger partial charge is 0.497 e. The number of aryl methyl sites for hydroxylation is 1. The fraction of sp³-hybridized carbons (Fsp3) is 0.273. The zero-order chi connectivity index (χ0) is 19.7. The summed E-state index contributed by atoms with van der Waals surface area (Å²) in [6.45, 7) is 2.70. The van der Waals surface area contributed by atoms with Gasteiger partial charge < -0.3 is 19.1 Å². The van der Waals surface area contributed by atoms with Crippen molar-refractivity contribution in [2.75, 3.05) is 38.2 Å². The van der Waals surface area contributed by atoms with Crippen molar-refractivity contribution in [3.05, 3.63) is 70.5 Å². The van der Waals surface area contributed by atoms with Gasteiger partial charge in [-0.15, -0.1) is 0 Å². The highest BCUT2D eigenvalue weighted by Crippen LogP contribution is 2.23. The standard InChI is InChI=1S/C22H23N3O3/c1-23-20-9-4-3-8-18(20)19(15-21(23)26)22(27)25-12-10-24(11-13-25)16-6-5-7-17(14-16)28-2/h3-9,14-15H,10-13H2,1-2H3. The van der Waals surface area contributed by atoms with Gasteiger partial charge >= 0.3 is 0 Å². The Morgan fingerprint density at radius 1 is 0.964 bits per heavy atom. The Balaban J connectivity index is 1.56. The van der Waals surface area contributed by atoms with Gasteiger partial charge in [-0.2, -0.15) is 0 Å².